The van der Waals surface area contributed by atoms with E-state index in [0.29, 0.717) is 25.5 Å². The molecule has 7 heteroatoms. The molecular weight excluding hydrogens is 306 g/mol. The summed E-state index contributed by atoms with van der Waals surface area (Å²) in [5, 5.41) is 0. The van der Waals surface area contributed by atoms with Crippen molar-refractivity contribution in [3.05, 3.63) is 36.5 Å². The summed E-state index contributed by atoms with van der Waals surface area (Å²) >= 11 is 0. The molecule has 2 N–H and O–H groups in total. The number of hydrogen-bond donors (Lipinski definition) is 1. The summed E-state index contributed by atoms with van der Waals surface area (Å²) in [5.74, 6) is 0.532. The fourth-order valence-electron chi connectivity index (χ4n) is 2.81. The van der Waals surface area contributed by atoms with Crippen LogP contribution in [0, 0.1) is 5.92 Å². The maximum Gasteiger partial charge on any atom is 0.225 e. The predicted molar refractivity (Wildman–Crippen MR) is 89.8 cm³/mol. The van der Waals surface area contributed by atoms with E-state index < -0.39 is 0 Å². The van der Waals surface area contributed by atoms with Crippen molar-refractivity contribution < 1.29 is 9.53 Å². The Labute approximate surface area is 140 Å². The van der Waals surface area contributed by atoms with Crippen LogP contribution in [0.2, 0.25) is 0 Å². The zero-order chi connectivity index (χ0) is 17.1. The highest BCUT2D eigenvalue weighted by molar-refractivity contribution is 5.78. The molecule has 3 rings (SSSR count). The van der Waals surface area contributed by atoms with Crippen molar-refractivity contribution in [3.8, 4) is 11.1 Å². The number of anilines is 1. The summed E-state index contributed by atoms with van der Waals surface area (Å²) in [6.45, 7) is 5.40. The lowest BCUT2D eigenvalue weighted by Crippen LogP contribution is -2.44. The second kappa shape index (κ2) is 6.92. The molecule has 7 nitrogen and oxygen atoms in total. The Kier molecular flexibility index (Phi) is 4.71. The lowest BCUT2D eigenvalue weighted by molar-refractivity contribution is -0.142. The van der Waals surface area contributed by atoms with Gasteiger partial charge in [0.1, 0.15) is 18.2 Å². The van der Waals surface area contributed by atoms with Gasteiger partial charge in [-0.05, 0) is 17.7 Å². The number of amides is 1. The van der Waals surface area contributed by atoms with Gasteiger partial charge in [-0.15, -0.1) is 0 Å². The van der Waals surface area contributed by atoms with Gasteiger partial charge in [-0.1, -0.05) is 13.8 Å². The maximum atomic E-state index is 12.3. The van der Waals surface area contributed by atoms with E-state index in [1.54, 1.807) is 18.5 Å². The molecule has 0 spiro atoms. The molecule has 0 saturated carbocycles. The average molecular weight is 327 g/mol. The molecule has 1 aliphatic heterocycles. The predicted octanol–water partition coefficient (Wildman–Crippen LogP) is 1.68. The molecular formula is C17H21N5O2. The molecule has 2 aromatic heterocycles. The fourth-order valence-corrected chi connectivity index (χ4v) is 2.81. The van der Waals surface area contributed by atoms with Gasteiger partial charge >= 0.3 is 0 Å². The van der Waals surface area contributed by atoms with Crippen LogP contribution < -0.4 is 5.73 Å². The lowest BCUT2D eigenvalue weighted by Gasteiger charge is -2.34. The molecule has 1 amide bonds. The fraction of sp³-hybridized carbons (Fsp3) is 0.412. The van der Waals surface area contributed by atoms with Gasteiger partial charge in [0, 0.05) is 30.4 Å². The number of carbonyl (C=O) groups is 1. The summed E-state index contributed by atoms with van der Waals surface area (Å²) in [7, 11) is 0. The summed E-state index contributed by atoms with van der Waals surface area (Å²) < 4.78 is 5.89. The van der Waals surface area contributed by atoms with E-state index in [1.807, 2.05) is 24.8 Å². The molecule has 0 aromatic carbocycles. The SMILES string of the molecule is CC(C)C(=O)N1CCO[C@@H](c2ncncc2-c2ccnc(N)c2)C1. The summed E-state index contributed by atoms with van der Waals surface area (Å²) in [6.07, 6.45) is 4.60. The summed E-state index contributed by atoms with van der Waals surface area (Å²) in [6, 6.07) is 3.64. The molecule has 2 aromatic rings. The quantitative estimate of drug-likeness (QED) is 0.921. The Morgan fingerprint density at radius 2 is 2.25 bits per heavy atom. The lowest BCUT2D eigenvalue weighted by atomic mass is 10.0. The minimum Gasteiger partial charge on any atom is -0.384 e. The van der Waals surface area contributed by atoms with Crippen molar-refractivity contribution in [1.29, 1.82) is 0 Å². The van der Waals surface area contributed by atoms with E-state index in [2.05, 4.69) is 15.0 Å². The van der Waals surface area contributed by atoms with Gasteiger partial charge in [0.15, 0.2) is 0 Å². The van der Waals surface area contributed by atoms with E-state index in [9.17, 15) is 4.79 Å². The van der Waals surface area contributed by atoms with E-state index in [1.165, 1.54) is 6.33 Å². The molecule has 1 fully saturated rings. The van der Waals surface area contributed by atoms with Gasteiger partial charge in [0.05, 0.1) is 18.8 Å². The maximum absolute atomic E-state index is 12.3. The highest BCUT2D eigenvalue weighted by Gasteiger charge is 2.29. The first-order valence-corrected chi connectivity index (χ1v) is 7.98. The smallest absolute Gasteiger partial charge is 0.225 e. The number of aromatic nitrogens is 3. The van der Waals surface area contributed by atoms with Crippen molar-refractivity contribution in [3.63, 3.8) is 0 Å². The van der Waals surface area contributed by atoms with Crippen LogP contribution in [0.3, 0.4) is 0 Å². The van der Waals surface area contributed by atoms with Crippen molar-refractivity contribution in [2.75, 3.05) is 25.4 Å². The number of nitrogens with two attached hydrogens (primary N) is 1. The molecule has 24 heavy (non-hydrogen) atoms. The van der Waals surface area contributed by atoms with Gasteiger partial charge in [0.2, 0.25) is 5.91 Å². The minimum absolute atomic E-state index is 0.0337. The van der Waals surface area contributed by atoms with Gasteiger partial charge in [-0.3, -0.25) is 4.79 Å². The number of ether oxygens (including phenoxy) is 1. The first-order chi connectivity index (χ1) is 11.6. The van der Waals surface area contributed by atoms with Crippen molar-refractivity contribution in [2.45, 2.75) is 20.0 Å². The number of nitrogen functional groups attached to an aromatic ring is 1. The molecule has 0 unspecified atom stereocenters. The Bertz CT molecular complexity index is 734. The van der Waals surface area contributed by atoms with Crippen LogP contribution in [0.15, 0.2) is 30.9 Å². The molecule has 1 atom stereocenters. The highest BCUT2D eigenvalue weighted by atomic mass is 16.5. The van der Waals surface area contributed by atoms with Gasteiger partial charge in [-0.25, -0.2) is 15.0 Å². The minimum atomic E-state index is -0.283. The number of hydrogen-bond acceptors (Lipinski definition) is 6. The number of carbonyl (C=O) groups excluding carboxylic acids is 1. The van der Waals surface area contributed by atoms with Crippen LogP contribution in [0.5, 0.6) is 0 Å². The van der Waals surface area contributed by atoms with Crippen molar-refractivity contribution in [1.82, 2.24) is 19.9 Å². The first kappa shape index (κ1) is 16.3. The van der Waals surface area contributed by atoms with Crippen LogP contribution >= 0.6 is 0 Å². The summed E-state index contributed by atoms with van der Waals surface area (Å²) in [4.78, 5) is 26.7. The van der Waals surface area contributed by atoms with Crippen LogP contribution in [-0.4, -0.2) is 45.5 Å². The van der Waals surface area contributed by atoms with Crippen LogP contribution in [0.1, 0.15) is 25.6 Å². The van der Waals surface area contributed by atoms with E-state index in [-0.39, 0.29) is 17.9 Å². The molecule has 126 valence electrons. The molecule has 3 heterocycles. The standard InChI is InChI=1S/C17H21N5O2/c1-11(2)17(23)22-5-6-24-14(9-22)16-13(8-19-10-21-16)12-3-4-20-15(18)7-12/h3-4,7-8,10-11,14H,5-6,9H2,1-2H3,(H2,18,20)/t14-/m1/s1. The third-order valence-electron chi connectivity index (χ3n) is 4.01. The normalized spacial score (nSPS) is 18.0. The molecule has 1 aliphatic rings. The molecule has 1 saturated heterocycles. The number of morpholine rings is 1. The zero-order valence-electron chi connectivity index (χ0n) is 13.8. The Morgan fingerprint density at radius 1 is 1.42 bits per heavy atom. The second-order valence-corrected chi connectivity index (χ2v) is 6.09. The van der Waals surface area contributed by atoms with Crippen LogP contribution in [-0.2, 0) is 9.53 Å². The van der Waals surface area contributed by atoms with E-state index >= 15 is 0 Å². The second-order valence-electron chi connectivity index (χ2n) is 6.09. The third-order valence-corrected chi connectivity index (χ3v) is 4.01. The monoisotopic (exact) mass is 327 g/mol. The highest BCUT2D eigenvalue weighted by Crippen LogP contribution is 2.30. The summed E-state index contributed by atoms with van der Waals surface area (Å²) in [5.41, 5.74) is 8.27. The molecule has 0 aliphatic carbocycles. The van der Waals surface area contributed by atoms with Crippen LogP contribution in [0.4, 0.5) is 5.82 Å². The van der Waals surface area contributed by atoms with Gasteiger partial charge < -0.3 is 15.4 Å². The molecule has 0 radical (unpaired) electrons. The van der Waals surface area contributed by atoms with E-state index in [4.69, 9.17) is 10.5 Å². The van der Waals surface area contributed by atoms with Gasteiger partial charge in [-0.2, -0.15) is 0 Å². The largest absolute Gasteiger partial charge is 0.384 e. The van der Waals surface area contributed by atoms with E-state index in [0.717, 1.165) is 16.8 Å². The van der Waals surface area contributed by atoms with Gasteiger partial charge in [0.25, 0.3) is 0 Å². The first-order valence-electron chi connectivity index (χ1n) is 7.98. The number of rotatable bonds is 3. The Hall–Kier alpha value is -2.54. The van der Waals surface area contributed by atoms with Crippen molar-refractivity contribution in [2.24, 2.45) is 5.92 Å². The number of pyridine rings is 1. The third kappa shape index (κ3) is 3.35. The molecule has 0 bridgehead atoms. The Balaban J connectivity index is 1.91. The van der Waals surface area contributed by atoms with Crippen LogP contribution in [0.25, 0.3) is 11.1 Å². The Morgan fingerprint density at radius 3 is 3.00 bits per heavy atom. The zero-order valence-corrected chi connectivity index (χ0v) is 13.8. The topological polar surface area (TPSA) is 94.2 Å². The van der Waals surface area contributed by atoms with Crippen molar-refractivity contribution >= 4 is 11.7 Å². The average Bonchev–Trinajstić information content (AvgIpc) is 2.61. The number of nitrogens with zero attached hydrogens (tertiary/aromatic N) is 4.